The van der Waals surface area contributed by atoms with Gasteiger partial charge in [-0.2, -0.15) is 0 Å². The summed E-state index contributed by atoms with van der Waals surface area (Å²) in [5.41, 5.74) is -3.55. The van der Waals surface area contributed by atoms with Gasteiger partial charge in [-0.1, -0.05) is 46.3 Å². The molecule has 0 unspecified atom stereocenters. The summed E-state index contributed by atoms with van der Waals surface area (Å²) in [6.45, 7) is 13.7. The van der Waals surface area contributed by atoms with E-state index in [0.29, 0.717) is 18.6 Å². The van der Waals surface area contributed by atoms with Gasteiger partial charge >= 0.3 is 0 Å². The molecular formula is C32H42F3N3O6Si. The molecular weight excluding hydrogens is 607 g/mol. The lowest BCUT2D eigenvalue weighted by Gasteiger charge is -2.43. The lowest BCUT2D eigenvalue weighted by molar-refractivity contribution is 0.0162. The van der Waals surface area contributed by atoms with Gasteiger partial charge in [0.25, 0.3) is 11.8 Å². The predicted octanol–water partition coefficient (Wildman–Crippen LogP) is 5.08. The van der Waals surface area contributed by atoms with Crippen LogP contribution < -0.4 is 15.5 Å². The number of hydrogen-bond donors (Lipinski definition) is 2. The van der Waals surface area contributed by atoms with Crippen LogP contribution in [0.1, 0.15) is 79.9 Å². The summed E-state index contributed by atoms with van der Waals surface area (Å²) in [6.07, 6.45) is 5.78. The molecule has 0 spiro atoms. The minimum Gasteiger partial charge on any atom is -0.487 e. The minimum absolute atomic E-state index is 0.0433. The third kappa shape index (κ3) is 6.90. The summed E-state index contributed by atoms with van der Waals surface area (Å²) in [6, 6.07) is -0.394. The largest absolute Gasteiger partial charge is 0.487 e. The molecule has 2 amide bonds. The van der Waals surface area contributed by atoms with Crippen molar-refractivity contribution < 1.29 is 37.0 Å². The summed E-state index contributed by atoms with van der Waals surface area (Å²) in [4.78, 5) is 42.8. The summed E-state index contributed by atoms with van der Waals surface area (Å²) in [5, 5.41) is 13.8. The average molecular weight is 650 g/mol. The van der Waals surface area contributed by atoms with Gasteiger partial charge in [0.05, 0.1) is 25.3 Å². The fraction of sp³-hybridized carbons (Fsp3) is 0.531. The van der Waals surface area contributed by atoms with Crippen LogP contribution in [0.5, 0.6) is 5.75 Å². The van der Waals surface area contributed by atoms with E-state index in [-0.39, 0.29) is 36.2 Å². The Morgan fingerprint density at radius 1 is 1.18 bits per heavy atom. The van der Waals surface area contributed by atoms with Crippen molar-refractivity contribution in [1.82, 2.24) is 14.8 Å². The second-order valence-corrected chi connectivity index (χ2v) is 18.2. The second-order valence-electron chi connectivity index (χ2n) is 13.4. The summed E-state index contributed by atoms with van der Waals surface area (Å²) < 4.78 is 55.5. The molecule has 9 nitrogen and oxygen atoms in total. The maximum absolute atomic E-state index is 14.2. The molecule has 13 heteroatoms. The summed E-state index contributed by atoms with van der Waals surface area (Å²) in [5.74, 6) is -5.37. The van der Waals surface area contributed by atoms with Crippen molar-refractivity contribution in [2.24, 2.45) is 0 Å². The standard InChI is InChI=1S/C32H42F3N3O6Si/c1-8-9-12-43-28-26-30(41)37-17-25(32(5,42)11-10-20(37)18-44-45(6,7)31(2,3)4)38(26)16-22(27(28)39)29(40)36-15-21-23(34)13-19(33)14-24(21)35/h10-11,13-14,16,20,25,42H,8-9,12,15,17-18H2,1-7H3,(H,36,40)/t20-,25-,32+/m1/s1. The molecule has 1 aromatic heterocycles. The first-order valence-corrected chi connectivity index (χ1v) is 18.0. The van der Waals surface area contributed by atoms with E-state index in [1.807, 2.05) is 6.92 Å². The number of pyridine rings is 1. The highest BCUT2D eigenvalue weighted by molar-refractivity contribution is 6.74. The monoisotopic (exact) mass is 649 g/mol. The van der Waals surface area contributed by atoms with Gasteiger partial charge in [-0.05, 0) is 31.5 Å². The number of nitrogens with zero attached hydrogens (tertiary/aromatic N) is 2. The zero-order chi connectivity index (χ0) is 33.5. The molecule has 2 aromatic rings. The lowest BCUT2D eigenvalue weighted by Crippen LogP contribution is -2.54. The molecule has 4 rings (SSSR count). The fourth-order valence-corrected chi connectivity index (χ4v) is 6.12. The Hall–Kier alpha value is -3.42. The number of aromatic nitrogens is 1. The molecule has 2 aliphatic rings. The molecule has 2 N–H and O–H groups in total. The van der Waals surface area contributed by atoms with Crippen LogP contribution in [0.4, 0.5) is 13.2 Å². The highest BCUT2D eigenvalue weighted by Crippen LogP contribution is 2.39. The molecule has 0 saturated heterocycles. The van der Waals surface area contributed by atoms with E-state index in [0.717, 1.165) is 6.42 Å². The number of hydrogen-bond acceptors (Lipinski definition) is 6. The second kappa shape index (κ2) is 12.8. The molecule has 2 aliphatic heterocycles. The SMILES string of the molecule is CCCCOc1c2n(cc(C(=O)NCc3c(F)cc(F)cc3F)c1=O)[C@@H]1CN(C2=O)[C@@H](CO[Si](C)(C)C(C)(C)C)C=C[C@]1(C)O. The van der Waals surface area contributed by atoms with Crippen LogP contribution in [0.15, 0.2) is 35.3 Å². The van der Waals surface area contributed by atoms with E-state index in [1.54, 1.807) is 24.0 Å². The van der Waals surface area contributed by atoms with Crippen LogP contribution in [0, 0.1) is 17.5 Å². The van der Waals surface area contributed by atoms with Gasteiger partial charge in [-0.15, -0.1) is 0 Å². The first-order chi connectivity index (χ1) is 20.9. The highest BCUT2D eigenvalue weighted by atomic mass is 28.4. The fourth-order valence-electron chi connectivity index (χ4n) is 5.10. The Morgan fingerprint density at radius 2 is 1.82 bits per heavy atom. The van der Waals surface area contributed by atoms with Crippen LogP contribution in [-0.2, 0) is 11.0 Å². The van der Waals surface area contributed by atoms with E-state index >= 15 is 0 Å². The summed E-state index contributed by atoms with van der Waals surface area (Å²) >= 11 is 0. The van der Waals surface area contributed by atoms with Crippen molar-refractivity contribution in [3.8, 4) is 5.75 Å². The van der Waals surface area contributed by atoms with E-state index in [2.05, 4.69) is 39.2 Å². The molecule has 0 radical (unpaired) electrons. The van der Waals surface area contributed by atoms with Gasteiger partial charge in [0, 0.05) is 37.0 Å². The topological polar surface area (TPSA) is 110 Å². The van der Waals surface area contributed by atoms with E-state index < -0.39 is 78.4 Å². The predicted molar refractivity (Wildman–Crippen MR) is 165 cm³/mol. The Morgan fingerprint density at radius 3 is 2.42 bits per heavy atom. The quantitative estimate of drug-likeness (QED) is 0.211. The number of rotatable bonds is 10. The number of aliphatic hydroxyl groups is 1. The van der Waals surface area contributed by atoms with Crippen LogP contribution in [0.2, 0.25) is 18.1 Å². The number of amides is 2. The smallest absolute Gasteiger partial charge is 0.275 e. The number of ether oxygens (including phenoxy) is 1. The third-order valence-electron chi connectivity index (χ3n) is 9.03. The molecule has 1 aromatic carbocycles. The van der Waals surface area contributed by atoms with Crippen LogP contribution >= 0.6 is 0 Å². The van der Waals surface area contributed by atoms with Gasteiger partial charge in [0.1, 0.15) is 28.6 Å². The van der Waals surface area contributed by atoms with Gasteiger partial charge < -0.3 is 29.1 Å². The van der Waals surface area contributed by atoms with Crippen molar-refractivity contribution >= 4 is 20.1 Å². The van der Waals surface area contributed by atoms with Crippen molar-refractivity contribution in [2.45, 2.75) is 89.8 Å². The molecule has 0 saturated carbocycles. The van der Waals surface area contributed by atoms with E-state index in [4.69, 9.17) is 9.16 Å². The maximum Gasteiger partial charge on any atom is 0.275 e. The Kier molecular flexibility index (Phi) is 9.77. The van der Waals surface area contributed by atoms with Crippen molar-refractivity contribution in [3.63, 3.8) is 0 Å². The molecule has 3 heterocycles. The first-order valence-electron chi connectivity index (χ1n) is 15.1. The number of nitrogens with one attached hydrogen (secondary N) is 1. The van der Waals surface area contributed by atoms with Gasteiger partial charge in [-0.3, -0.25) is 14.4 Å². The summed E-state index contributed by atoms with van der Waals surface area (Å²) in [7, 11) is -2.20. The maximum atomic E-state index is 14.2. The molecule has 2 bridgehead atoms. The van der Waals surface area contributed by atoms with Gasteiger partial charge in [0.15, 0.2) is 19.8 Å². The number of carbonyl (C=O) groups is 2. The zero-order valence-corrected chi connectivity index (χ0v) is 27.8. The van der Waals surface area contributed by atoms with Crippen LogP contribution in [0.25, 0.3) is 0 Å². The molecule has 3 atom stereocenters. The minimum atomic E-state index is -2.20. The number of fused-ring (bicyclic) bond motifs is 4. The normalized spacial score (nSPS) is 21.4. The van der Waals surface area contributed by atoms with Crippen molar-refractivity contribution in [3.05, 3.63) is 75.0 Å². The highest BCUT2D eigenvalue weighted by Gasteiger charge is 2.47. The zero-order valence-electron chi connectivity index (χ0n) is 26.8. The number of halogens is 3. The lowest BCUT2D eigenvalue weighted by atomic mass is 9.93. The molecule has 0 aliphatic carbocycles. The molecule has 45 heavy (non-hydrogen) atoms. The first kappa shape index (κ1) is 34.5. The molecule has 246 valence electrons. The van der Waals surface area contributed by atoms with Gasteiger partial charge in [-0.25, -0.2) is 13.2 Å². The molecule has 0 fully saturated rings. The van der Waals surface area contributed by atoms with Crippen LogP contribution in [0.3, 0.4) is 0 Å². The Labute approximate surface area is 262 Å². The number of unbranched alkanes of at least 4 members (excludes halogenated alkanes) is 1. The average Bonchev–Trinajstić information content (AvgIpc) is 3.04. The van der Waals surface area contributed by atoms with Gasteiger partial charge in [0.2, 0.25) is 5.43 Å². The van der Waals surface area contributed by atoms with Crippen molar-refractivity contribution in [2.75, 3.05) is 19.8 Å². The Bertz CT molecular complexity index is 1540. The number of benzene rings is 1. The van der Waals surface area contributed by atoms with E-state index in [9.17, 15) is 32.7 Å². The van der Waals surface area contributed by atoms with E-state index in [1.165, 1.54) is 10.8 Å². The number of carbonyl (C=O) groups excluding carboxylic acids is 2. The van der Waals surface area contributed by atoms with Crippen molar-refractivity contribution in [1.29, 1.82) is 0 Å². The van der Waals surface area contributed by atoms with Crippen LogP contribution in [-0.4, -0.2) is 66.1 Å². The third-order valence-corrected chi connectivity index (χ3v) is 13.5. The Balaban J connectivity index is 1.76.